The van der Waals surface area contributed by atoms with E-state index >= 15 is 0 Å². The molecule has 2 fully saturated rings. The van der Waals surface area contributed by atoms with E-state index in [-0.39, 0.29) is 30.7 Å². The second-order valence-electron chi connectivity index (χ2n) is 9.23. The van der Waals surface area contributed by atoms with Gasteiger partial charge in [0.1, 0.15) is 23.6 Å². The number of amides is 4. The number of primary amides is 1. The highest BCUT2D eigenvalue weighted by molar-refractivity contribution is 6.14. The maximum Gasteiger partial charge on any atom is 0.291 e. The van der Waals surface area contributed by atoms with Crippen LogP contribution in [0, 0.1) is 18.8 Å². The van der Waals surface area contributed by atoms with Crippen LogP contribution in [0.2, 0.25) is 0 Å². The smallest absolute Gasteiger partial charge is 0.291 e. The Hall–Kier alpha value is -3.72. The Labute approximate surface area is 196 Å². The lowest BCUT2D eigenvalue weighted by molar-refractivity contribution is -0.734. The van der Waals surface area contributed by atoms with Crippen molar-refractivity contribution in [2.75, 3.05) is 12.4 Å². The Bertz CT molecular complexity index is 1230. The number of rotatable bonds is 6. The molecule has 2 aromatic rings. The van der Waals surface area contributed by atoms with Gasteiger partial charge in [0.25, 0.3) is 5.91 Å². The summed E-state index contributed by atoms with van der Waals surface area (Å²) in [6.07, 6.45) is 0.366. The fraction of sp³-hybridized carbons (Fsp3) is 0.360. The molecule has 0 radical (unpaired) electrons. The summed E-state index contributed by atoms with van der Waals surface area (Å²) >= 11 is 0. The third-order valence-corrected chi connectivity index (χ3v) is 7.45. The summed E-state index contributed by atoms with van der Waals surface area (Å²) in [5, 5.41) is 4.77. The van der Waals surface area contributed by atoms with E-state index < -0.39 is 29.3 Å². The number of likely N-dealkylation sites (tertiary alicyclic amines) is 1. The van der Waals surface area contributed by atoms with Gasteiger partial charge in [0.15, 0.2) is 0 Å². The van der Waals surface area contributed by atoms with Crippen molar-refractivity contribution in [3.63, 3.8) is 0 Å². The maximum absolute atomic E-state index is 13.9. The molecule has 2 saturated heterocycles. The minimum Gasteiger partial charge on any atom is -0.496 e. The number of para-hydroxylation sites is 2. The maximum atomic E-state index is 13.9. The van der Waals surface area contributed by atoms with Crippen molar-refractivity contribution in [1.29, 1.82) is 0 Å². The number of hydrogen-bond acceptors (Lipinski definition) is 5. The van der Waals surface area contributed by atoms with Crippen LogP contribution in [-0.2, 0) is 31.3 Å². The van der Waals surface area contributed by atoms with Crippen LogP contribution in [0.15, 0.2) is 42.5 Å². The highest BCUT2D eigenvalue weighted by Gasteiger charge is 2.74. The summed E-state index contributed by atoms with van der Waals surface area (Å²) < 4.78 is 5.41. The van der Waals surface area contributed by atoms with E-state index in [1.807, 2.05) is 42.6 Å². The molecule has 5 rings (SSSR count). The molecule has 176 valence electrons. The molecule has 0 saturated carbocycles. The van der Waals surface area contributed by atoms with E-state index in [9.17, 15) is 19.2 Å². The summed E-state index contributed by atoms with van der Waals surface area (Å²) in [7, 11) is 1.53. The van der Waals surface area contributed by atoms with Gasteiger partial charge in [0.05, 0.1) is 19.3 Å². The minimum atomic E-state index is -1.27. The molecule has 3 aliphatic heterocycles. The van der Waals surface area contributed by atoms with Gasteiger partial charge in [-0.1, -0.05) is 36.4 Å². The third kappa shape index (κ3) is 3.03. The Morgan fingerprint density at radius 3 is 2.65 bits per heavy atom. The number of ether oxygens (including phenoxy) is 1. The van der Waals surface area contributed by atoms with E-state index in [4.69, 9.17) is 10.5 Å². The zero-order valence-corrected chi connectivity index (χ0v) is 19.0. The fourth-order valence-corrected chi connectivity index (χ4v) is 5.93. The number of fused-ring (bicyclic) bond motifs is 4. The van der Waals surface area contributed by atoms with Gasteiger partial charge in [0.2, 0.25) is 23.3 Å². The van der Waals surface area contributed by atoms with Crippen LogP contribution in [0.1, 0.15) is 29.5 Å². The zero-order valence-electron chi connectivity index (χ0n) is 19.0. The molecule has 34 heavy (non-hydrogen) atoms. The number of aryl methyl sites for hydroxylation is 1. The molecule has 0 aromatic heterocycles. The Morgan fingerprint density at radius 2 is 1.91 bits per heavy atom. The lowest BCUT2D eigenvalue weighted by Crippen LogP contribution is -2.99. The van der Waals surface area contributed by atoms with Crippen LogP contribution in [0.3, 0.4) is 0 Å². The quantitative estimate of drug-likeness (QED) is 0.525. The van der Waals surface area contributed by atoms with Crippen molar-refractivity contribution in [2.45, 2.75) is 37.9 Å². The van der Waals surface area contributed by atoms with E-state index in [2.05, 4.69) is 5.32 Å². The summed E-state index contributed by atoms with van der Waals surface area (Å²) in [6.45, 7) is 1.94. The highest BCUT2D eigenvalue weighted by atomic mass is 16.5. The van der Waals surface area contributed by atoms with Gasteiger partial charge < -0.3 is 21.1 Å². The summed E-state index contributed by atoms with van der Waals surface area (Å²) in [5.41, 5.74) is 7.09. The monoisotopic (exact) mass is 463 g/mol. The first kappa shape index (κ1) is 22.1. The number of nitrogens with two attached hydrogens (primary N) is 2. The number of hydrogen-bond donors (Lipinski definition) is 3. The van der Waals surface area contributed by atoms with Crippen molar-refractivity contribution in [3.05, 3.63) is 59.2 Å². The number of anilines is 1. The van der Waals surface area contributed by atoms with Crippen LogP contribution in [0.4, 0.5) is 5.69 Å². The lowest BCUT2D eigenvalue weighted by Gasteiger charge is -2.26. The molecular formula is C25H27N4O5+. The first-order chi connectivity index (χ1) is 16.3. The average molecular weight is 464 g/mol. The Kier molecular flexibility index (Phi) is 5.16. The largest absolute Gasteiger partial charge is 0.496 e. The average Bonchev–Trinajstić information content (AvgIpc) is 3.40. The fourth-order valence-electron chi connectivity index (χ4n) is 5.93. The molecule has 2 aromatic carbocycles. The Morgan fingerprint density at radius 1 is 1.15 bits per heavy atom. The first-order valence-electron chi connectivity index (χ1n) is 11.3. The second kappa shape index (κ2) is 7.95. The molecule has 3 heterocycles. The molecule has 0 aliphatic carbocycles. The Balaban J connectivity index is 1.59. The zero-order chi connectivity index (χ0) is 24.2. The molecule has 5 N–H and O–H groups in total. The number of nitrogens with zero attached hydrogens (tertiary/aromatic N) is 1. The van der Waals surface area contributed by atoms with Crippen LogP contribution in [-0.4, -0.2) is 41.7 Å². The van der Waals surface area contributed by atoms with Gasteiger partial charge in [-0.3, -0.25) is 24.1 Å². The van der Waals surface area contributed by atoms with Crippen LogP contribution in [0.5, 0.6) is 5.75 Å². The van der Waals surface area contributed by atoms with Gasteiger partial charge in [-0.25, -0.2) is 0 Å². The van der Waals surface area contributed by atoms with Gasteiger partial charge in [-0.15, -0.1) is 0 Å². The molecule has 4 amide bonds. The first-order valence-corrected chi connectivity index (χ1v) is 11.3. The molecule has 0 bridgehead atoms. The van der Waals surface area contributed by atoms with Gasteiger partial charge >= 0.3 is 0 Å². The van der Waals surface area contributed by atoms with Crippen molar-refractivity contribution >= 4 is 29.3 Å². The molecule has 1 spiro atoms. The van der Waals surface area contributed by atoms with E-state index in [1.54, 1.807) is 12.1 Å². The molecule has 0 unspecified atom stereocenters. The standard InChI is InChI=1S/C25H26N4O5/c1-13-6-5-8-15-21(13)27-24(33)25(15)20-19(16(28-25)10-11-18(26)30)22(31)29(23(20)32)12-14-7-3-4-9-17(14)34-2/h3-9,16,19-20,28H,10-12H2,1-2H3,(H2,26,30)(H,27,33)/p+1/t16-,19-,20+,25-/m1/s1. The van der Waals surface area contributed by atoms with Crippen molar-refractivity contribution in [2.24, 2.45) is 17.6 Å². The van der Waals surface area contributed by atoms with Gasteiger partial charge in [-0.05, 0) is 18.6 Å². The number of methoxy groups -OCH3 is 1. The second-order valence-corrected chi connectivity index (χ2v) is 9.23. The summed E-state index contributed by atoms with van der Waals surface area (Å²) in [5.74, 6) is -2.56. The molecule has 3 aliphatic rings. The molecule has 9 heteroatoms. The predicted molar refractivity (Wildman–Crippen MR) is 121 cm³/mol. The van der Waals surface area contributed by atoms with Crippen LogP contribution >= 0.6 is 0 Å². The minimum absolute atomic E-state index is 0.0512. The number of quaternary nitrogens is 1. The van der Waals surface area contributed by atoms with Crippen LogP contribution in [0.25, 0.3) is 0 Å². The molecular weight excluding hydrogens is 436 g/mol. The SMILES string of the molecule is COc1ccccc1CN1C(=O)[C@H]2[C@@H](C1=O)[C@@]1([NH2+][C@@H]2CCC(N)=O)C(=O)Nc2c(C)cccc21. The number of benzene rings is 2. The molecule has 4 atom stereocenters. The van der Waals surface area contributed by atoms with E-state index in [1.165, 1.54) is 12.0 Å². The lowest BCUT2D eigenvalue weighted by atomic mass is 9.76. The number of imide groups is 1. The highest BCUT2D eigenvalue weighted by Crippen LogP contribution is 2.50. The number of carbonyl (C=O) groups excluding carboxylic acids is 4. The van der Waals surface area contributed by atoms with Crippen molar-refractivity contribution < 1.29 is 29.2 Å². The molecule has 9 nitrogen and oxygen atoms in total. The number of carbonyl (C=O) groups is 4. The topological polar surface area (TPSA) is 135 Å². The van der Waals surface area contributed by atoms with E-state index in [0.29, 0.717) is 29.0 Å². The summed E-state index contributed by atoms with van der Waals surface area (Å²) in [4.78, 5) is 53.8. The predicted octanol–water partition coefficient (Wildman–Crippen LogP) is 0.164. The van der Waals surface area contributed by atoms with Crippen molar-refractivity contribution in [3.8, 4) is 5.75 Å². The number of nitrogens with one attached hydrogen (secondary N) is 1. The van der Waals surface area contributed by atoms with E-state index in [0.717, 1.165) is 5.56 Å². The normalized spacial score (nSPS) is 27.2. The van der Waals surface area contributed by atoms with Gasteiger partial charge in [0, 0.05) is 24.0 Å². The summed E-state index contributed by atoms with van der Waals surface area (Å²) in [6, 6.07) is 12.4. The third-order valence-electron chi connectivity index (χ3n) is 7.45. The van der Waals surface area contributed by atoms with Crippen LogP contribution < -0.4 is 21.1 Å². The van der Waals surface area contributed by atoms with Gasteiger partial charge in [-0.2, -0.15) is 0 Å². The van der Waals surface area contributed by atoms with Crippen molar-refractivity contribution in [1.82, 2.24) is 4.90 Å².